The second kappa shape index (κ2) is 6.29. The van der Waals surface area contributed by atoms with Gasteiger partial charge in [0.25, 0.3) is 0 Å². The van der Waals surface area contributed by atoms with Crippen molar-refractivity contribution in [2.24, 2.45) is 5.41 Å². The predicted octanol–water partition coefficient (Wildman–Crippen LogP) is 3.11. The highest BCUT2D eigenvalue weighted by atomic mass is 19.1. The third kappa shape index (κ3) is 3.41. The summed E-state index contributed by atoms with van der Waals surface area (Å²) in [5.74, 6) is 0.0154. The topological polar surface area (TPSA) is 29.1 Å². The molecule has 2 nitrogen and oxygen atoms in total. The number of nitrogens with one attached hydrogen (secondary N) is 1. The van der Waals surface area contributed by atoms with Crippen LogP contribution in [0.3, 0.4) is 0 Å². The van der Waals surface area contributed by atoms with E-state index in [2.05, 4.69) is 12.2 Å². The molecule has 0 amide bonds. The van der Waals surface area contributed by atoms with Gasteiger partial charge in [0.05, 0.1) is 0 Å². The molecule has 3 heteroatoms. The molecule has 0 saturated carbocycles. The highest BCUT2D eigenvalue weighted by Gasteiger charge is 2.37. The van der Waals surface area contributed by atoms with Crippen LogP contribution in [0.25, 0.3) is 0 Å². The maximum Gasteiger partial charge on any atom is 0.143 e. The molecular formula is C16H22FNO. The Labute approximate surface area is 114 Å². The maximum absolute atomic E-state index is 13.2. The van der Waals surface area contributed by atoms with Gasteiger partial charge in [0, 0.05) is 11.8 Å². The number of piperidine rings is 1. The van der Waals surface area contributed by atoms with Gasteiger partial charge in [-0.2, -0.15) is 0 Å². The average Bonchev–Trinajstić information content (AvgIpc) is 2.40. The average molecular weight is 263 g/mol. The van der Waals surface area contributed by atoms with Gasteiger partial charge in [-0.1, -0.05) is 25.5 Å². The number of halogens is 1. The van der Waals surface area contributed by atoms with Gasteiger partial charge in [-0.05, 0) is 50.0 Å². The van der Waals surface area contributed by atoms with Gasteiger partial charge in [0.1, 0.15) is 11.6 Å². The van der Waals surface area contributed by atoms with Crippen molar-refractivity contribution in [1.82, 2.24) is 5.32 Å². The lowest BCUT2D eigenvalue weighted by atomic mass is 9.70. The summed E-state index contributed by atoms with van der Waals surface area (Å²) in [5.41, 5.74) is 0.603. The first kappa shape index (κ1) is 14.2. The summed E-state index contributed by atoms with van der Waals surface area (Å²) >= 11 is 0. The van der Waals surface area contributed by atoms with Crippen molar-refractivity contribution in [3.05, 3.63) is 35.6 Å². The minimum atomic E-state index is -0.264. The van der Waals surface area contributed by atoms with E-state index in [9.17, 15) is 9.18 Å². The molecule has 0 aromatic heterocycles. The van der Waals surface area contributed by atoms with E-state index in [1.807, 2.05) is 6.07 Å². The second-order valence-electron chi connectivity index (χ2n) is 5.51. The highest BCUT2D eigenvalue weighted by Crippen LogP contribution is 2.36. The molecule has 1 aliphatic heterocycles. The number of Topliss-reactive ketones (excluding diaryl/α,β-unsaturated/α-hetero) is 1. The summed E-state index contributed by atoms with van der Waals surface area (Å²) in [6.07, 6.45) is 4.15. The van der Waals surface area contributed by atoms with Crippen LogP contribution in [0, 0.1) is 11.2 Å². The number of hydrogen-bond acceptors (Lipinski definition) is 2. The predicted molar refractivity (Wildman–Crippen MR) is 74.6 cm³/mol. The fraction of sp³-hybridized carbons (Fsp3) is 0.562. The summed E-state index contributed by atoms with van der Waals surface area (Å²) in [6.45, 7) is 3.95. The Morgan fingerprint density at radius 3 is 2.74 bits per heavy atom. The van der Waals surface area contributed by atoms with Crippen LogP contribution in [0.5, 0.6) is 0 Å². The maximum atomic E-state index is 13.2. The summed E-state index contributed by atoms with van der Waals surface area (Å²) in [5, 5.41) is 3.31. The molecule has 0 radical (unpaired) electrons. The van der Waals surface area contributed by atoms with Gasteiger partial charge in [-0.15, -0.1) is 0 Å². The van der Waals surface area contributed by atoms with E-state index >= 15 is 0 Å². The van der Waals surface area contributed by atoms with Gasteiger partial charge in [0.2, 0.25) is 0 Å². The van der Waals surface area contributed by atoms with Crippen molar-refractivity contribution < 1.29 is 9.18 Å². The van der Waals surface area contributed by atoms with Gasteiger partial charge in [-0.3, -0.25) is 4.79 Å². The third-order valence-electron chi connectivity index (χ3n) is 4.13. The first-order chi connectivity index (χ1) is 9.16. The van der Waals surface area contributed by atoms with Crippen molar-refractivity contribution in [2.45, 2.75) is 39.0 Å². The molecule has 0 aliphatic carbocycles. The van der Waals surface area contributed by atoms with E-state index in [-0.39, 0.29) is 17.0 Å². The van der Waals surface area contributed by atoms with Gasteiger partial charge in [-0.25, -0.2) is 4.39 Å². The quantitative estimate of drug-likeness (QED) is 0.884. The summed E-state index contributed by atoms with van der Waals surface area (Å²) < 4.78 is 13.2. The molecular weight excluding hydrogens is 241 g/mol. The molecule has 0 unspecified atom stereocenters. The van der Waals surface area contributed by atoms with Crippen LogP contribution in [0.1, 0.15) is 38.2 Å². The van der Waals surface area contributed by atoms with Crippen LogP contribution in [0.2, 0.25) is 0 Å². The van der Waals surface area contributed by atoms with Crippen LogP contribution >= 0.6 is 0 Å². The molecule has 0 atom stereocenters. The number of benzene rings is 1. The number of carbonyl (C=O) groups is 1. The van der Waals surface area contributed by atoms with Crippen LogP contribution in [0.4, 0.5) is 4.39 Å². The minimum absolute atomic E-state index is 0.188. The molecule has 2 rings (SSSR count). The van der Waals surface area contributed by atoms with Gasteiger partial charge < -0.3 is 5.32 Å². The monoisotopic (exact) mass is 263 g/mol. The molecule has 1 aromatic rings. The van der Waals surface area contributed by atoms with Crippen molar-refractivity contribution >= 4 is 5.78 Å². The van der Waals surface area contributed by atoms with Crippen molar-refractivity contribution in [2.75, 3.05) is 13.1 Å². The smallest absolute Gasteiger partial charge is 0.143 e. The van der Waals surface area contributed by atoms with Crippen molar-refractivity contribution in [1.29, 1.82) is 0 Å². The Hall–Kier alpha value is -1.22. The number of ketones is 1. The lowest BCUT2D eigenvalue weighted by Gasteiger charge is -2.36. The fourth-order valence-corrected chi connectivity index (χ4v) is 3.07. The van der Waals surface area contributed by atoms with E-state index in [0.29, 0.717) is 6.42 Å². The van der Waals surface area contributed by atoms with E-state index in [4.69, 9.17) is 0 Å². The molecule has 1 saturated heterocycles. The number of rotatable bonds is 5. The summed E-state index contributed by atoms with van der Waals surface area (Å²) in [4.78, 5) is 12.6. The molecule has 0 spiro atoms. The van der Waals surface area contributed by atoms with E-state index in [1.54, 1.807) is 6.07 Å². The summed E-state index contributed by atoms with van der Waals surface area (Å²) in [6, 6.07) is 6.40. The molecule has 0 bridgehead atoms. The van der Waals surface area contributed by atoms with E-state index in [1.165, 1.54) is 12.1 Å². The Morgan fingerprint density at radius 2 is 2.11 bits per heavy atom. The Kier molecular flexibility index (Phi) is 4.70. The van der Waals surface area contributed by atoms with Crippen molar-refractivity contribution in [3.8, 4) is 0 Å². The van der Waals surface area contributed by atoms with Crippen LogP contribution in [-0.2, 0) is 11.2 Å². The molecule has 1 aliphatic rings. The largest absolute Gasteiger partial charge is 0.317 e. The Morgan fingerprint density at radius 1 is 1.37 bits per heavy atom. The van der Waals surface area contributed by atoms with E-state index in [0.717, 1.165) is 44.3 Å². The van der Waals surface area contributed by atoms with Crippen LogP contribution < -0.4 is 5.32 Å². The first-order valence-corrected chi connectivity index (χ1v) is 7.15. The Balaban J connectivity index is 2.11. The zero-order valence-corrected chi connectivity index (χ0v) is 11.5. The molecule has 1 heterocycles. The fourth-order valence-electron chi connectivity index (χ4n) is 3.07. The van der Waals surface area contributed by atoms with E-state index < -0.39 is 0 Å². The standard InChI is InChI=1S/C16H22FNO/c1-2-6-16(7-9-18-10-8-16)15(19)12-13-4-3-5-14(17)11-13/h3-5,11,18H,2,6-10,12H2,1H3. The van der Waals surface area contributed by atoms with Gasteiger partial charge >= 0.3 is 0 Å². The molecule has 104 valence electrons. The van der Waals surface area contributed by atoms with Crippen LogP contribution in [-0.4, -0.2) is 18.9 Å². The molecule has 1 fully saturated rings. The third-order valence-corrected chi connectivity index (χ3v) is 4.13. The van der Waals surface area contributed by atoms with Crippen LogP contribution in [0.15, 0.2) is 24.3 Å². The number of hydrogen-bond donors (Lipinski definition) is 1. The SMILES string of the molecule is CCCC1(C(=O)Cc2cccc(F)c2)CCNCC1. The second-order valence-corrected chi connectivity index (χ2v) is 5.51. The zero-order chi connectivity index (χ0) is 13.7. The summed E-state index contributed by atoms with van der Waals surface area (Å²) in [7, 11) is 0. The normalized spacial score (nSPS) is 18.2. The lowest BCUT2D eigenvalue weighted by molar-refractivity contribution is -0.130. The minimum Gasteiger partial charge on any atom is -0.317 e. The van der Waals surface area contributed by atoms with Gasteiger partial charge in [0.15, 0.2) is 0 Å². The Bertz CT molecular complexity index is 433. The lowest BCUT2D eigenvalue weighted by Crippen LogP contribution is -2.42. The zero-order valence-electron chi connectivity index (χ0n) is 11.5. The number of carbonyl (C=O) groups excluding carboxylic acids is 1. The molecule has 1 aromatic carbocycles. The van der Waals surface area contributed by atoms with Crippen molar-refractivity contribution in [3.63, 3.8) is 0 Å². The highest BCUT2D eigenvalue weighted by molar-refractivity contribution is 5.87. The molecule has 19 heavy (non-hydrogen) atoms. The first-order valence-electron chi connectivity index (χ1n) is 7.15. The molecule has 1 N–H and O–H groups in total.